The Labute approximate surface area is 109 Å². The summed E-state index contributed by atoms with van der Waals surface area (Å²) in [6.45, 7) is 11.9. The molecule has 102 valence electrons. The number of allylic oxidation sites excluding steroid dienone is 1. The number of imide groups is 1. The molecule has 1 fully saturated rings. The fraction of sp³-hybridized carbons (Fsp3) is 0.714. The molecule has 0 aromatic rings. The van der Waals surface area contributed by atoms with Gasteiger partial charge >= 0.3 is 6.09 Å². The number of cyclic esters (lactones) is 1. The molecule has 18 heavy (non-hydrogen) atoms. The van der Waals surface area contributed by atoms with Crippen LogP contribution in [0, 0.1) is 17.8 Å². The summed E-state index contributed by atoms with van der Waals surface area (Å²) in [5.41, 5.74) is 0. The highest BCUT2D eigenvalue weighted by Crippen LogP contribution is 2.26. The molecule has 1 aliphatic rings. The summed E-state index contributed by atoms with van der Waals surface area (Å²) >= 11 is 0. The monoisotopic (exact) mass is 253 g/mol. The first kappa shape index (κ1) is 14.7. The minimum Gasteiger partial charge on any atom is -0.447 e. The molecule has 2 atom stereocenters. The van der Waals surface area contributed by atoms with Gasteiger partial charge in [0.2, 0.25) is 5.91 Å². The molecule has 0 aromatic carbocycles. The molecular formula is C14H23NO3. The third-order valence-corrected chi connectivity index (χ3v) is 3.46. The standard InChI is InChI=1S/C14H23NO3/c1-6-7-11(9(2)3)13(16)15-12(10(4)5)8-18-14(15)17/h6,9-12H,1,7-8H2,2-5H3/t11-,12+/m0/s1. The van der Waals surface area contributed by atoms with Gasteiger partial charge in [-0.3, -0.25) is 4.79 Å². The van der Waals surface area contributed by atoms with Crippen molar-refractivity contribution in [3.63, 3.8) is 0 Å². The fourth-order valence-corrected chi connectivity index (χ4v) is 2.20. The molecular weight excluding hydrogens is 230 g/mol. The normalized spacial score (nSPS) is 21.3. The summed E-state index contributed by atoms with van der Waals surface area (Å²) in [6, 6.07) is -0.143. The summed E-state index contributed by atoms with van der Waals surface area (Å²) in [5, 5.41) is 0. The van der Waals surface area contributed by atoms with Crippen molar-refractivity contribution in [3.05, 3.63) is 12.7 Å². The molecule has 0 radical (unpaired) electrons. The molecule has 0 N–H and O–H groups in total. The van der Waals surface area contributed by atoms with E-state index < -0.39 is 6.09 Å². The highest BCUT2D eigenvalue weighted by atomic mass is 16.6. The zero-order valence-electron chi connectivity index (χ0n) is 11.7. The minimum atomic E-state index is -0.506. The van der Waals surface area contributed by atoms with Crippen molar-refractivity contribution < 1.29 is 14.3 Å². The molecule has 0 aromatic heterocycles. The summed E-state index contributed by atoms with van der Waals surface area (Å²) in [6.07, 6.45) is 1.81. The Morgan fingerprint density at radius 3 is 2.56 bits per heavy atom. The van der Waals surface area contributed by atoms with Crippen LogP contribution in [-0.2, 0) is 9.53 Å². The minimum absolute atomic E-state index is 0.133. The van der Waals surface area contributed by atoms with Gasteiger partial charge in [-0.2, -0.15) is 0 Å². The lowest BCUT2D eigenvalue weighted by atomic mass is 9.90. The van der Waals surface area contributed by atoms with Crippen LogP contribution < -0.4 is 0 Å². The molecule has 1 heterocycles. The summed E-state index contributed by atoms with van der Waals surface area (Å²) in [7, 11) is 0. The highest BCUT2D eigenvalue weighted by molar-refractivity contribution is 5.95. The molecule has 2 amide bonds. The van der Waals surface area contributed by atoms with Gasteiger partial charge in [-0.1, -0.05) is 33.8 Å². The van der Waals surface area contributed by atoms with Gasteiger partial charge in [0.15, 0.2) is 0 Å². The third kappa shape index (κ3) is 2.92. The van der Waals surface area contributed by atoms with Gasteiger partial charge in [-0.05, 0) is 18.3 Å². The van der Waals surface area contributed by atoms with Crippen molar-refractivity contribution >= 4 is 12.0 Å². The maximum Gasteiger partial charge on any atom is 0.416 e. The van der Waals surface area contributed by atoms with Crippen LogP contribution in [0.25, 0.3) is 0 Å². The van der Waals surface area contributed by atoms with Crippen LogP contribution in [0.1, 0.15) is 34.1 Å². The lowest BCUT2D eigenvalue weighted by Crippen LogP contribution is -2.45. The van der Waals surface area contributed by atoms with E-state index in [-0.39, 0.29) is 29.7 Å². The Morgan fingerprint density at radius 1 is 1.50 bits per heavy atom. The number of hydrogen-bond acceptors (Lipinski definition) is 3. The number of rotatable bonds is 5. The van der Waals surface area contributed by atoms with Gasteiger partial charge < -0.3 is 4.74 Å². The molecule has 0 spiro atoms. The Hall–Kier alpha value is -1.32. The number of carbonyl (C=O) groups excluding carboxylic acids is 2. The maximum absolute atomic E-state index is 12.5. The number of ether oxygens (including phenoxy) is 1. The van der Waals surface area contributed by atoms with Crippen molar-refractivity contribution in [1.82, 2.24) is 4.90 Å². The lowest BCUT2D eigenvalue weighted by molar-refractivity contribution is -0.135. The predicted molar refractivity (Wildman–Crippen MR) is 70.0 cm³/mol. The van der Waals surface area contributed by atoms with E-state index in [2.05, 4.69) is 6.58 Å². The summed E-state index contributed by atoms with van der Waals surface area (Å²) in [4.78, 5) is 25.5. The number of carbonyl (C=O) groups is 2. The molecule has 0 aliphatic carbocycles. The number of amides is 2. The Kier molecular flexibility index (Phi) is 4.93. The van der Waals surface area contributed by atoms with Gasteiger partial charge in [0.1, 0.15) is 6.61 Å². The number of hydrogen-bond donors (Lipinski definition) is 0. The molecule has 1 saturated heterocycles. The molecule has 0 saturated carbocycles. The van der Waals surface area contributed by atoms with Crippen LogP contribution >= 0.6 is 0 Å². The van der Waals surface area contributed by atoms with Gasteiger partial charge in [-0.25, -0.2) is 9.69 Å². The first-order valence-electron chi connectivity index (χ1n) is 6.50. The number of nitrogens with zero attached hydrogens (tertiary/aromatic N) is 1. The van der Waals surface area contributed by atoms with Gasteiger partial charge in [0.25, 0.3) is 0 Å². The van der Waals surface area contributed by atoms with Crippen molar-refractivity contribution in [1.29, 1.82) is 0 Å². The van der Waals surface area contributed by atoms with Crippen LogP contribution in [0.15, 0.2) is 12.7 Å². The second-order valence-corrected chi connectivity index (χ2v) is 5.47. The van der Waals surface area contributed by atoms with Crippen LogP contribution in [-0.4, -0.2) is 29.5 Å². The molecule has 1 rings (SSSR count). The fourth-order valence-electron chi connectivity index (χ4n) is 2.20. The van der Waals surface area contributed by atoms with Crippen LogP contribution in [0.4, 0.5) is 4.79 Å². The summed E-state index contributed by atoms with van der Waals surface area (Å²) < 4.78 is 5.01. The van der Waals surface area contributed by atoms with Crippen molar-refractivity contribution in [2.75, 3.05) is 6.61 Å². The molecule has 1 aliphatic heterocycles. The van der Waals surface area contributed by atoms with Gasteiger partial charge in [-0.15, -0.1) is 6.58 Å². The third-order valence-electron chi connectivity index (χ3n) is 3.46. The van der Waals surface area contributed by atoms with Crippen molar-refractivity contribution in [3.8, 4) is 0 Å². The lowest BCUT2D eigenvalue weighted by Gasteiger charge is -2.28. The van der Waals surface area contributed by atoms with E-state index in [1.165, 1.54) is 4.90 Å². The molecule has 0 unspecified atom stereocenters. The Bertz CT molecular complexity index is 336. The van der Waals surface area contributed by atoms with E-state index in [0.29, 0.717) is 13.0 Å². The van der Waals surface area contributed by atoms with Crippen LogP contribution in [0.2, 0.25) is 0 Å². The van der Waals surface area contributed by atoms with E-state index in [1.807, 2.05) is 27.7 Å². The molecule has 4 heteroatoms. The Balaban J connectivity index is 2.91. The maximum atomic E-state index is 12.5. The smallest absolute Gasteiger partial charge is 0.416 e. The quantitative estimate of drug-likeness (QED) is 0.708. The molecule has 0 bridgehead atoms. The van der Waals surface area contributed by atoms with E-state index in [0.717, 1.165) is 0 Å². The average Bonchev–Trinajstić information content (AvgIpc) is 2.66. The van der Waals surface area contributed by atoms with Crippen LogP contribution in [0.3, 0.4) is 0 Å². The first-order chi connectivity index (χ1) is 8.40. The van der Waals surface area contributed by atoms with E-state index in [9.17, 15) is 9.59 Å². The average molecular weight is 253 g/mol. The topological polar surface area (TPSA) is 46.6 Å². The van der Waals surface area contributed by atoms with E-state index in [4.69, 9.17) is 4.74 Å². The van der Waals surface area contributed by atoms with Gasteiger partial charge in [0, 0.05) is 5.92 Å². The highest BCUT2D eigenvalue weighted by Gasteiger charge is 2.42. The zero-order chi connectivity index (χ0) is 13.9. The molecule has 4 nitrogen and oxygen atoms in total. The largest absolute Gasteiger partial charge is 0.447 e. The van der Waals surface area contributed by atoms with E-state index >= 15 is 0 Å². The second kappa shape index (κ2) is 6.03. The van der Waals surface area contributed by atoms with Crippen molar-refractivity contribution in [2.24, 2.45) is 17.8 Å². The SMILES string of the molecule is C=CC[C@H](C(=O)N1C(=O)OC[C@@H]1C(C)C)C(C)C. The van der Waals surface area contributed by atoms with Crippen molar-refractivity contribution in [2.45, 2.75) is 40.2 Å². The zero-order valence-corrected chi connectivity index (χ0v) is 11.7. The summed E-state index contributed by atoms with van der Waals surface area (Å²) in [5.74, 6) is 0.0501. The van der Waals surface area contributed by atoms with Crippen LogP contribution in [0.5, 0.6) is 0 Å². The predicted octanol–water partition coefficient (Wildman–Crippen LogP) is 2.84. The van der Waals surface area contributed by atoms with E-state index in [1.54, 1.807) is 6.08 Å². The first-order valence-corrected chi connectivity index (χ1v) is 6.50. The van der Waals surface area contributed by atoms with Gasteiger partial charge in [0.05, 0.1) is 6.04 Å². The second-order valence-electron chi connectivity index (χ2n) is 5.47. The Morgan fingerprint density at radius 2 is 2.11 bits per heavy atom.